The molecule has 0 amide bonds. The number of aliphatic imine (C=N–C) groups is 1. The summed E-state index contributed by atoms with van der Waals surface area (Å²) in [4.78, 5) is 11.2. The number of aromatic nitrogens is 2. The molecule has 8 heteroatoms. The van der Waals surface area contributed by atoms with Gasteiger partial charge in [-0.05, 0) is 50.0 Å². The lowest BCUT2D eigenvalue weighted by Crippen LogP contribution is -2.45. The summed E-state index contributed by atoms with van der Waals surface area (Å²) in [5.41, 5.74) is 1.27. The molecule has 1 aromatic heterocycles. The number of piperidine rings is 1. The van der Waals surface area contributed by atoms with Crippen molar-refractivity contribution in [1.29, 1.82) is 0 Å². The summed E-state index contributed by atoms with van der Waals surface area (Å²) < 4.78 is 5.30. The van der Waals surface area contributed by atoms with Gasteiger partial charge in [-0.1, -0.05) is 42.7 Å². The number of hydrogen-bond acceptors (Lipinski definition) is 5. The maximum absolute atomic E-state index is 6.26. The van der Waals surface area contributed by atoms with Crippen LogP contribution in [-0.2, 0) is 6.42 Å². The highest BCUT2D eigenvalue weighted by atomic mass is 35.5. The second kappa shape index (κ2) is 10.8. The van der Waals surface area contributed by atoms with Gasteiger partial charge in [0.2, 0.25) is 5.89 Å². The topological polar surface area (TPSA) is 78.6 Å². The minimum Gasteiger partial charge on any atom is -0.356 e. The zero-order valence-corrected chi connectivity index (χ0v) is 19.1. The van der Waals surface area contributed by atoms with Crippen LogP contribution in [0.15, 0.2) is 33.8 Å². The van der Waals surface area contributed by atoms with E-state index < -0.39 is 0 Å². The number of halogens is 1. The molecule has 2 heterocycles. The Hall–Kier alpha value is -2.12. The summed E-state index contributed by atoms with van der Waals surface area (Å²) in [6.45, 7) is 6.74. The lowest BCUT2D eigenvalue weighted by molar-refractivity contribution is 0.122. The number of hydrogen-bond donors (Lipinski definition) is 2. The minimum atomic E-state index is 0.269. The van der Waals surface area contributed by atoms with Crippen LogP contribution in [-0.4, -0.2) is 54.7 Å². The van der Waals surface area contributed by atoms with Gasteiger partial charge in [-0.3, -0.25) is 9.89 Å². The molecular formula is C22H33ClN6O. The van der Waals surface area contributed by atoms with Crippen molar-refractivity contribution in [2.75, 3.05) is 33.7 Å². The molecule has 164 valence electrons. The van der Waals surface area contributed by atoms with Crippen LogP contribution in [0.2, 0.25) is 5.02 Å². The van der Waals surface area contributed by atoms with E-state index in [1.165, 1.54) is 18.4 Å². The van der Waals surface area contributed by atoms with Gasteiger partial charge >= 0.3 is 0 Å². The molecule has 0 bridgehead atoms. The third kappa shape index (κ3) is 5.95. The van der Waals surface area contributed by atoms with Crippen molar-refractivity contribution in [2.45, 2.75) is 45.1 Å². The molecule has 0 spiro atoms. The Labute approximate surface area is 184 Å². The number of nitrogens with zero attached hydrogens (tertiary/aromatic N) is 4. The first-order valence-corrected chi connectivity index (χ1v) is 11.1. The first-order valence-electron chi connectivity index (χ1n) is 10.7. The van der Waals surface area contributed by atoms with Crippen molar-refractivity contribution < 1.29 is 4.52 Å². The maximum Gasteiger partial charge on any atom is 0.228 e. The van der Waals surface area contributed by atoms with Gasteiger partial charge in [0.15, 0.2) is 11.8 Å². The molecule has 2 N–H and O–H groups in total. The lowest BCUT2D eigenvalue weighted by atomic mass is 9.85. The predicted molar refractivity (Wildman–Crippen MR) is 121 cm³/mol. The first kappa shape index (κ1) is 22.6. The van der Waals surface area contributed by atoms with Crippen LogP contribution in [0.4, 0.5) is 0 Å². The fraction of sp³-hybridized carbons (Fsp3) is 0.591. The minimum absolute atomic E-state index is 0.269. The summed E-state index contributed by atoms with van der Waals surface area (Å²) >= 11 is 6.26. The third-order valence-electron chi connectivity index (χ3n) is 5.58. The van der Waals surface area contributed by atoms with E-state index in [-0.39, 0.29) is 5.92 Å². The summed E-state index contributed by atoms with van der Waals surface area (Å²) in [7, 11) is 3.99. The monoisotopic (exact) mass is 432 g/mol. The quantitative estimate of drug-likeness (QED) is 0.513. The average Bonchev–Trinajstić information content (AvgIpc) is 3.20. The molecule has 30 heavy (non-hydrogen) atoms. The third-order valence-corrected chi connectivity index (χ3v) is 5.82. The fourth-order valence-corrected chi connectivity index (χ4v) is 4.23. The smallest absolute Gasteiger partial charge is 0.228 e. The van der Waals surface area contributed by atoms with E-state index in [0.29, 0.717) is 30.8 Å². The van der Waals surface area contributed by atoms with Gasteiger partial charge in [0.1, 0.15) is 0 Å². The number of benzene rings is 1. The van der Waals surface area contributed by atoms with Crippen molar-refractivity contribution in [1.82, 2.24) is 25.7 Å². The van der Waals surface area contributed by atoms with Gasteiger partial charge in [0, 0.05) is 43.5 Å². The Bertz CT molecular complexity index is 837. The van der Waals surface area contributed by atoms with E-state index in [1.54, 1.807) is 7.05 Å². The van der Waals surface area contributed by atoms with Gasteiger partial charge in [0.25, 0.3) is 0 Å². The first-order chi connectivity index (χ1) is 14.5. The van der Waals surface area contributed by atoms with Gasteiger partial charge in [-0.2, -0.15) is 4.98 Å². The normalized spacial score (nSPS) is 20.5. The highest BCUT2D eigenvalue weighted by molar-refractivity contribution is 6.30. The predicted octanol–water partition coefficient (Wildman–Crippen LogP) is 3.64. The highest BCUT2D eigenvalue weighted by Gasteiger charge is 2.30. The van der Waals surface area contributed by atoms with Crippen LogP contribution < -0.4 is 10.6 Å². The van der Waals surface area contributed by atoms with Crippen LogP contribution in [0.1, 0.15) is 55.9 Å². The summed E-state index contributed by atoms with van der Waals surface area (Å²) in [5.74, 6) is 2.94. The summed E-state index contributed by atoms with van der Waals surface area (Å²) in [6.07, 6.45) is 3.03. The fourth-order valence-electron chi connectivity index (χ4n) is 4.03. The Morgan fingerprint density at radius 2 is 2.20 bits per heavy atom. The average molecular weight is 433 g/mol. The molecule has 3 rings (SSSR count). The number of guanidine groups is 1. The van der Waals surface area contributed by atoms with Gasteiger partial charge in [0.05, 0.1) is 0 Å². The number of rotatable bonds is 7. The van der Waals surface area contributed by atoms with Crippen LogP contribution >= 0.6 is 11.6 Å². The molecule has 1 aromatic carbocycles. The SMILES string of the molecule is CN=C(NCCc1nc(C(C)C)no1)NCC1CCCN(C)C1c1cccc(Cl)c1. The van der Waals surface area contributed by atoms with Crippen molar-refractivity contribution in [2.24, 2.45) is 10.9 Å². The molecule has 1 aliphatic rings. The van der Waals surface area contributed by atoms with E-state index in [1.807, 2.05) is 12.1 Å². The molecule has 0 radical (unpaired) electrons. The van der Waals surface area contributed by atoms with Gasteiger partial charge in [-0.25, -0.2) is 0 Å². The number of nitrogens with one attached hydrogen (secondary N) is 2. The molecule has 1 saturated heterocycles. The molecule has 1 aliphatic heterocycles. The summed E-state index contributed by atoms with van der Waals surface area (Å²) in [5, 5.41) is 11.6. The van der Waals surface area contributed by atoms with E-state index in [9.17, 15) is 0 Å². The second-order valence-electron chi connectivity index (χ2n) is 8.21. The standard InChI is InChI=1S/C22H33ClN6O/c1-15(2)21-27-19(30-28-21)10-11-25-22(24-3)26-14-17-8-6-12-29(4)20(17)16-7-5-9-18(23)13-16/h5,7,9,13,15,17,20H,6,8,10-12,14H2,1-4H3,(H2,24,25,26). The largest absolute Gasteiger partial charge is 0.356 e. The Morgan fingerprint density at radius 3 is 2.90 bits per heavy atom. The summed E-state index contributed by atoms with van der Waals surface area (Å²) in [6, 6.07) is 8.57. The second-order valence-corrected chi connectivity index (χ2v) is 8.65. The molecule has 2 unspecified atom stereocenters. The van der Waals surface area contributed by atoms with E-state index in [4.69, 9.17) is 16.1 Å². The van der Waals surface area contributed by atoms with Crippen molar-refractivity contribution in [3.63, 3.8) is 0 Å². The van der Waals surface area contributed by atoms with E-state index in [2.05, 4.69) is 63.7 Å². The lowest BCUT2D eigenvalue weighted by Gasteiger charge is -2.40. The zero-order valence-electron chi connectivity index (χ0n) is 18.4. The Kier molecular flexibility index (Phi) is 8.10. The van der Waals surface area contributed by atoms with Crippen LogP contribution in [0.25, 0.3) is 0 Å². The molecular weight excluding hydrogens is 400 g/mol. The van der Waals surface area contributed by atoms with Crippen molar-refractivity contribution in [3.05, 3.63) is 46.6 Å². The Balaban J connectivity index is 1.53. The molecule has 0 saturated carbocycles. The molecule has 7 nitrogen and oxygen atoms in total. The van der Waals surface area contributed by atoms with E-state index >= 15 is 0 Å². The van der Waals surface area contributed by atoms with Crippen LogP contribution in [0, 0.1) is 5.92 Å². The molecule has 2 aromatic rings. The van der Waals surface area contributed by atoms with E-state index in [0.717, 1.165) is 29.9 Å². The van der Waals surface area contributed by atoms with Crippen LogP contribution in [0.5, 0.6) is 0 Å². The molecule has 1 fully saturated rings. The highest BCUT2D eigenvalue weighted by Crippen LogP contribution is 2.35. The van der Waals surface area contributed by atoms with Gasteiger partial charge in [-0.15, -0.1) is 0 Å². The van der Waals surface area contributed by atoms with Crippen molar-refractivity contribution in [3.8, 4) is 0 Å². The van der Waals surface area contributed by atoms with Gasteiger partial charge < -0.3 is 15.2 Å². The molecule has 2 atom stereocenters. The van der Waals surface area contributed by atoms with Crippen LogP contribution in [0.3, 0.4) is 0 Å². The Morgan fingerprint density at radius 1 is 1.37 bits per heavy atom. The zero-order chi connectivity index (χ0) is 21.5. The van der Waals surface area contributed by atoms with Crippen molar-refractivity contribution >= 4 is 17.6 Å². The molecule has 0 aliphatic carbocycles. The number of likely N-dealkylation sites (tertiary alicyclic amines) is 1. The maximum atomic E-state index is 6.26.